The molecule has 0 radical (unpaired) electrons. The van der Waals surface area contributed by atoms with E-state index in [2.05, 4.69) is 5.32 Å². The molecular formula is C19H22ClNO4. The van der Waals surface area contributed by atoms with Crippen LogP contribution in [0, 0.1) is 0 Å². The SMILES string of the molecule is COc1cccc(C(=O)NCC(C)(OC)c2cccc(Cl)c2)c1OC. The molecule has 0 aliphatic heterocycles. The molecule has 2 aromatic rings. The van der Waals surface area contributed by atoms with Crippen molar-refractivity contribution >= 4 is 17.5 Å². The number of amides is 1. The van der Waals surface area contributed by atoms with Crippen LogP contribution >= 0.6 is 11.6 Å². The average Bonchev–Trinajstić information content (AvgIpc) is 2.64. The molecule has 5 nitrogen and oxygen atoms in total. The normalized spacial score (nSPS) is 13.0. The summed E-state index contributed by atoms with van der Waals surface area (Å²) in [4.78, 5) is 12.6. The van der Waals surface area contributed by atoms with Gasteiger partial charge in [0.25, 0.3) is 5.91 Å². The fourth-order valence-electron chi connectivity index (χ4n) is 2.52. The van der Waals surface area contributed by atoms with E-state index in [4.69, 9.17) is 25.8 Å². The lowest BCUT2D eigenvalue weighted by Gasteiger charge is -2.29. The molecule has 0 saturated heterocycles. The van der Waals surface area contributed by atoms with Crippen LogP contribution in [0.15, 0.2) is 42.5 Å². The Balaban J connectivity index is 2.21. The van der Waals surface area contributed by atoms with Crippen molar-refractivity contribution in [2.45, 2.75) is 12.5 Å². The summed E-state index contributed by atoms with van der Waals surface area (Å²) in [6.07, 6.45) is 0. The van der Waals surface area contributed by atoms with Gasteiger partial charge in [-0.15, -0.1) is 0 Å². The van der Waals surface area contributed by atoms with Crippen LogP contribution in [0.5, 0.6) is 11.5 Å². The molecule has 25 heavy (non-hydrogen) atoms. The summed E-state index contributed by atoms with van der Waals surface area (Å²) in [7, 11) is 4.62. The molecule has 2 aromatic carbocycles. The van der Waals surface area contributed by atoms with E-state index >= 15 is 0 Å². The topological polar surface area (TPSA) is 56.8 Å². The van der Waals surface area contributed by atoms with Crippen molar-refractivity contribution in [1.29, 1.82) is 0 Å². The van der Waals surface area contributed by atoms with Crippen LogP contribution in [-0.4, -0.2) is 33.8 Å². The number of para-hydroxylation sites is 1. The largest absolute Gasteiger partial charge is 0.493 e. The Morgan fingerprint density at radius 1 is 1.12 bits per heavy atom. The van der Waals surface area contributed by atoms with Crippen LogP contribution in [0.4, 0.5) is 0 Å². The Hall–Kier alpha value is -2.24. The molecule has 0 fully saturated rings. The second-order valence-electron chi connectivity index (χ2n) is 5.67. The first kappa shape index (κ1) is 19.1. The molecule has 0 bridgehead atoms. The van der Waals surface area contributed by atoms with Gasteiger partial charge >= 0.3 is 0 Å². The molecule has 1 amide bonds. The molecule has 0 aliphatic carbocycles. The van der Waals surface area contributed by atoms with E-state index in [-0.39, 0.29) is 12.5 Å². The highest BCUT2D eigenvalue weighted by Gasteiger charge is 2.28. The molecule has 1 unspecified atom stereocenters. The van der Waals surface area contributed by atoms with Gasteiger partial charge in [0.1, 0.15) is 5.60 Å². The van der Waals surface area contributed by atoms with Gasteiger partial charge in [0.15, 0.2) is 11.5 Å². The van der Waals surface area contributed by atoms with Crippen LogP contribution in [0.2, 0.25) is 5.02 Å². The second-order valence-corrected chi connectivity index (χ2v) is 6.11. The quantitative estimate of drug-likeness (QED) is 0.815. The Labute approximate surface area is 152 Å². The summed E-state index contributed by atoms with van der Waals surface area (Å²) in [6.45, 7) is 2.16. The predicted molar refractivity (Wildman–Crippen MR) is 97.7 cm³/mol. The number of hydrogen-bond acceptors (Lipinski definition) is 4. The summed E-state index contributed by atoms with van der Waals surface area (Å²) in [5, 5.41) is 3.50. The van der Waals surface area contributed by atoms with E-state index in [0.717, 1.165) is 5.56 Å². The third-order valence-corrected chi connectivity index (χ3v) is 4.35. The highest BCUT2D eigenvalue weighted by Crippen LogP contribution is 2.31. The van der Waals surface area contributed by atoms with E-state index in [1.807, 2.05) is 25.1 Å². The number of benzene rings is 2. The van der Waals surface area contributed by atoms with Crippen LogP contribution in [0.25, 0.3) is 0 Å². The second kappa shape index (κ2) is 8.23. The van der Waals surface area contributed by atoms with Crippen molar-refractivity contribution in [2.24, 2.45) is 0 Å². The molecule has 6 heteroatoms. The molecule has 0 aliphatic rings. The molecule has 1 atom stereocenters. The van der Waals surface area contributed by atoms with Crippen molar-refractivity contribution in [3.05, 3.63) is 58.6 Å². The summed E-state index contributed by atoms with van der Waals surface area (Å²) in [6, 6.07) is 12.5. The lowest BCUT2D eigenvalue weighted by Crippen LogP contribution is -2.40. The number of ether oxygens (including phenoxy) is 3. The maximum absolute atomic E-state index is 12.6. The third kappa shape index (κ3) is 4.24. The van der Waals surface area contributed by atoms with Gasteiger partial charge in [-0.25, -0.2) is 0 Å². The molecule has 1 N–H and O–H groups in total. The lowest BCUT2D eigenvalue weighted by atomic mass is 9.95. The Kier molecular flexibility index (Phi) is 6.28. The first-order valence-corrected chi connectivity index (χ1v) is 8.13. The number of nitrogens with one attached hydrogen (secondary N) is 1. The van der Waals surface area contributed by atoms with Crippen LogP contribution in [0.1, 0.15) is 22.8 Å². The molecule has 0 heterocycles. The summed E-state index contributed by atoms with van der Waals surface area (Å²) < 4.78 is 16.2. The highest BCUT2D eigenvalue weighted by molar-refractivity contribution is 6.30. The first-order chi connectivity index (χ1) is 11.9. The zero-order valence-electron chi connectivity index (χ0n) is 14.8. The van der Waals surface area contributed by atoms with Crippen molar-refractivity contribution in [1.82, 2.24) is 5.32 Å². The molecule has 134 valence electrons. The van der Waals surface area contributed by atoms with Crippen molar-refractivity contribution in [2.75, 3.05) is 27.9 Å². The minimum Gasteiger partial charge on any atom is -0.493 e. The van der Waals surface area contributed by atoms with Gasteiger partial charge in [-0.1, -0.05) is 29.8 Å². The summed E-state index contributed by atoms with van der Waals surface area (Å²) in [5.41, 5.74) is 0.555. The minimum absolute atomic E-state index is 0.267. The number of rotatable bonds is 7. The van der Waals surface area contributed by atoms with Crippen LogP contribution in [-0.2, 0) is 10.3 Å². The molecule has 0 spiro atoms. The van der Waals surface area contributed by atoms with E-state index in [1.54, 1.807) is 31.4 Å². The fourth-order valence-corrected chi connectivity index (χ4v) is 2.71. The van der Waals surface area contributed by atoms with Gasteiger partial charge in [-0.3, -0.25) is 4.79 Å². The van der Waals surface area contributed by atoms with E-state index in [9.17, 15) is 4.79 Å². The Bertz CT molecular complexity index is 750. The number of methoxy groups -OCH3 is 3. The Morgan fingerprint density at radius 2 is 1.84 bits per heavy atom. The van der Waals surface area contributed by atoms with Crippen molar-refractivity contribution < 1.29 is 19.0 Å². The lowest BCUT2D eigenvalue weighted by molar-refractivity contribution is 0.00313. The zero-order valence-corrected chi connectivity index (χ0v) is 15.5. The van der Waals surface area contributed by atoms with Gasteiger partial charge in [-0.05, 0) is 36.8 Å². The van der Waals surface area contributed by atoms with Gasteiger partial charge in [0.05, 0.1) is 26.3 Å². The molecule has 2 rings (SSSR count). The zero-order chi connectivity index (χ0) is 18.4. The van der Waals surface area contributed by atoms with Crippen molar-refractivity contribution in [3.63, 3.8) is 0 Å². The number of carbonyl (C=O) groups excluding carboxylic acids is 1. The average molecular weight is 364 g/mol. The third-order valence-electron chi connectivity index (χ3n) is 4.12. The molecule has 0 saturated carbocycles. The van der Waals surface area contributed by atoms with E-state index in [0.29, 0.717) is 22.1 Å². The maximum atomic E-state index is 12.6. The van der Waals surface area contributed by atoms with Crippen LogP contribution in [0.3, 0.4) is 0 Å². The number of hydrogen-bond donors (Lipinski definition) is 1. The Morgan fingerprint density at radius 3 is 2.44 bits per heavy atom. The summed E-state index contributed by atoms with van der Waals surface area (Å²) >= 11 is 6.07. The standard InChI is InChI=1S/C19H22ClNO4/c1-19(25-4,13-7-5-8-14(20)11-13)12-21-18(22)15-9-6-10-16(23-2)17(15)24-3/h5-11H,12H2,1-4H3,(H,21,22). The van der Waals surface area contributed by atoms with Crippen molar-refractivity contribution in [3.8, 4) is 11.5 Å². The monoisotopic (exact) mass is 363 g/mol. The van der Waals surface area contributed by atoms with Gasteiger partial charge in [0, 0.05) is 12.1 Å². The first-order valence-electron chi connectivity index (χ1n) is 7.75. The van der Waals surface area contributed by atoms with Gasteiger partial charge < -0.3 is 19.5 Å². The smallest absolute Gasteiger partial charge is 0.255 e. The van der Waals surface area contributed by atoms with Crippen LogP contribution < -0.4 is 14.8 Å². The fraction of sp³-hybridized carbons (Fsp3) is 0.316. The molecule has 0 aromatic heterocycles. The predicted octanol–water partition coefficient (Wildman–Crippen LogP) is 3.65. The number of halogens is 1. The number of carbonyl (C=O) groups is 1. The van der Waals surface area contributed by atoms with Gasteiger partial charge in [-0.2, -0.15) is 0 Å². The van der Waals surface area contributed by atoms with Gasteiger partial charge in [0.2, 0.25) is 0 Å². The molecular weight excluding hydrogens is 342 g/mol. The minimum atomic E-state index is -0.716. The highest BCUT2D eigenvalue weighted by atomic mass is 35.5. The summed E-state index contributed by atoms with van der Waals surface area (Å²) in [5.74, 6) is 0.616. The van der Waals surface area contributed by atoms with E-state index in [1.165, 1.54) is 14.2 Å². The van der Waals surface area contributed by atoms with E-state index < -0.39 is 5.60 Å². The maximum Gasteiger partial charge on any atom is 0.255 e.